The fourth-order valence-corrected chi connectivity index (χ4v) is 1.53. The molecule has 0 aromatic heterocycles. The van der Waals surface area contributed by atoms with E-state index in [1.165, 1.54) is 38.5 Å². The van der Waals surface area contributed by atoms with E-state index in [2.05, 4.69) is 13.8 Å². The third kappa shape index (κ3) is 12.0. The van der Waals surface area contributed by atoms with E-state index in [1.54, 1.807) is 0 Å². The summed E-state index contributed by atoms with van der Waals surface area (Å²) in [4.78, 5) is 0. The minimum Gasteiger partial charge on any atom is -0.346 e. The molecule has 0 atom stereocenters. The van der Waals surface area contributed by atoms with Crippen LogP contribution in [0.3, 0.4) is 0 Å². The van der Waals surface area contributed by atoms with Crippen molar-refractivity contribution in [3.8, 4) is 0 Å². The van der Waals surface area contributed by atoms with Gasteiger partial charge in [0.05, 0.1) is 13.2 Å². The molecule has 16 heavy (non-hydrogen) atoms. The first kappa shape index (κ1) is 15.9. The lowest BCUT2D eigenvalue weighted by Crippen LogP contribution is -2.06. The zero-order valence-electron chi connectivity index (χ0n) is 11.4. The van der Waals surface area contributed by atoms with Crippen LogP contribution in [-0.4, -0.2) is 13.2 Å². The molecule has 0 aliphatic rings. The zero-order valence-corrected chi connectivity index (χ0v) is 11.4. The fourth-order valence-electron chi connectivity index (χ4n) is 1.53. The first-order valence-corrected chi connectivity index (χ1v) is 6.90. The second-order valence-electron chi connectivity index (χ2n) is 4.31. The van der Waals surface area contributed by atoms with E-state index < -0.39 is 0 Å². The van der Waals surface area contributed by atoms with E-state index in [1.807, 2.05) is 6.92 Å². The number of ether oxygens (including phenoxy) is 2. The second-order valence-corrected chi connectivity index (χ2v) is 4.31. The van der Waals surface area contributed by atoms with Crippen molar-refractivity contribution in [1.82, 2.24) is 0 Å². The Kier molecular flexibility index (Phi) is 12.9. The number of hydrogen-bond acceptors (Lipinski definition) is 2. The molecule has 0 saturated heterocycles. The highest BCUT2D eigenvalue weighted by Gasteiger charge is 2.03. The Morgan fingerprint density at radius 2 is 1.12 bits per heavy atom. The number of unbranched alkanes of at least 4 members (excludes halogenated alkanes) is 6. The molecule has 97 valence electrons. The quantitative estimate of drug-likeness (QED) is 0.452. The largest absolute Gasteiger partial charge is 0.346 e. The van der Waals surface area contributed by atoms with Gasteiger partial charge >= 0.3 is 0 Å². The predicted octanol–water partition coefficient (Wildman–Crippen LogP) is 4.69. The highest BCUT2D eigenvalue weighted by Crippen LogP contribution is 2.08. The molecule has 0 heterocycles. The monoisotopic (exact) mass is 229 g/mol. The molecule has 0 spiro atoms. The smallest absolute Gasteiger partial charge is 0.220 e. The third-order valence-electron chi connectivity index (χ3n) is 2.61. The van der Waals surface area contributed by atoms with Crippen molar-refractivity contribution in [2.75, 3.05) is 13.2 Å². The normalized spacial score (nSPS) is 11.2. The molecule has 0 bridgehead atoms. The van der Waals surface area contributed by atoms with Gasteiger partial charge in [0.15, 0.2) is 0 Å². The summed E-state index contributed by atoms with van der Waals surface area (Å²) in [6, 6.07) is 0. The molecular weight excluding hydrogens is 200 g/mol. The van der Waals surface area contributed by atoms with Gasteiger partial charge in [-0.05, 0) is 19.8 Å². The van der Waals surface area contributed by atoms with E-state index in [0.717, 1.165) is 32.3 Å². The molecule has 0 aromatic carbocycles. The highest BCUT2D eigenvalue weighted by atomic mass is 16.7. The molecule has 0 fully saturated rings. The maximum Gasteiger partial charge on any atom is 0.220 e. The fraction of sp³-hybridized carbons (Fsp3) is 0.929. The van der Waals surface area contributed by atoms with Crippen molar-refractivity contribution >= 4 is 0 Å². The topological polar surface area (TPSA) is 18.5 Å². The van der Waals surface area contributed by atoms with Crippen LogP contribution in [0, 0.1) is 6.29 Å². The number of hydrogen-bond donors (Lipinski definition) is 0. The zero-order chi connectivity index (χ0) is 12.1. The van der Waals surface area contributed by atoms with Crippen LogP contribution in [0.25, 0.3) is 0 Å². The molecular formula is C14H29O2. The molecule has 0 aliphatic carbocycles. The average molecular weight is 229 g/mol. The van der Waals surface area contributed by atoms with E-state index in [4.69, 9.17) is 9.47 Å². The first-order chi connectivity index (χ1) is 7.81. The van der Waals surface area contributed by atoms with Gasteiger partial charge in [-0.15, -0.1) is 0 Å². The minimum atomic E-state index is 0.744. The Morgan fingerprint density at radius 3 is 1.50 bits per heavy atom. The number of rotatable bonds is 12. The second kappa shape index (κ2) is 13.0. The van der Waals surface area contributed by atoms with Gasteiger partial charge in [-0.2, -0.15) is 0 Å². The van der Waals surface area contributed by atoms with Crippen LogP contribution >= 0.6 is 0 Å². The lowest BCUT2D eigenvalue weighted by molar-refractivity contribution is -0.0393. The van der Waals surface area contributed by atoms with E-state index in [-0.39, 0.29) is 0 Å². The van der Waals surface area contributed by atoms with Crippen molar-refractivity contribution < 1.29 is 9.47 Å². The minimum absolute atomic E-state index is 0.744. The highest BCUT2D eigenvalue weighted by molar-refractivity contribution is 4.55. The molecule has 1 radical (unpaired) electrons. The van der Waals surface area contributed by atoms with Crippen molar-refractivity contribution in [3.05, 3.63) is 6.29 Å². The van der Waals surface area contributed by atoms with Gasteiger partial charge in [-0.3, -0.25) is 0 Å². The van der Waals surface area contributed by atoms with Crippen LogP contribution in [0.15, 0.2) is 0 Å². The van der Waals surface area contributed by atoms with Gasteiger partial charge in [0, 0.05) is 0 Å². The molecule has 0 unspecified atom stereocenters. The molecule has 0 rings (SSSR count). The maximum absolute atomic E-state index is 5.49. The summed E-state index contributed by atoms with van der Waals surface area (Å²) in [5.74, 6) is 0. The third-order valence-corrected chi connectivity index (χ3v) is 2.61. The van der Waals surface area contributed by atoms with Gasteiger partial charge in [-0.25, -0.2) is 0 Å². The summed E-state index contributed by atoms with van der Waals surface area (Å²) in [6.45, 7) is 7.97. The van der Waals surface area contributed by atoms with Crippen molar-refractivity contribution in [2.24, 2.45) is 0 Å². The molecule has 0 saturated carbocycles. The summed E-state index contributed by atoms with van der Waals surface area (Å²) >= 11 is 0. The van der Waals surface area contributed by atoms with Crippen molar-refractivity contribution in [2.45, 2.75) is 72.1 Å². The van der Waals surface area contributed by atoms with Gasteiger partial charge in [0.25, 0.3) is 0 Å². The van der Waals surface area contributed by atoms with Crippen LogP contribution in [0.1, 0.15) is 72.1 Å². The predicted molar refractivity (Wildman–Crippen MR) is 69.1 cm³/mol. The van der Waals surface area contributed by atoms with E-state index in [9.17, 15) is 0 Å². The summed E-state index contributed by atoms with van der Waals surface area (Å²) in [5.41, 5.74) is 0. The lowest BCUT2D eigenvalue weighted by Gasteiger charge is -2.12. The van der Waals surface area contributed by atoms with Gasteiger partial charge in [-0.1, -0.05) is 52.4 Å². The van der Waals surface area contributed by atoms with Crippen molar-refractivity contribution in [1.29, 1.82) is 0 Å². The Morgan fingerprint density at radius 1 is 0.688 bits per heavy atom. The molecule has 0 N–H and O–H groups in total. The molecule has 0 amide bonds. The summed E-state index contributed by atoms with van der Waals surface area (Å²) in [5, 5.41) is 0. The summed E-state index contributed by atoms with van der Waals surface area (Å²) in [6.07, 6.45) is 10.7. The Balaban J connectivity index is 3.09. The van der Waals surface area contributed by atoms with Crippen LogP contribution in [0.4, 0.5) is 0 Å². The van der Waals surface area contributed by atoms with Crippen LogP contribution in [0.2, 0.25) is 0 Å². The first-order valence-electron chi connectivity index (χ1n) is 6.90. The Bertz CT molecular complexity index is 112. The average Bonchev–Trinajstić information content (AvgIpc) is 2.28. The van der Waals surface area contributed by atoms with Gasteiger partial charge < -0.3 is 9.47 Å². The molecule has 0 aliphatic heterocycles. The van der Waals surface area contributed by atoms with E-state index in [0.29, 0.717) is 0 Å². The van der Waals surface area contributed by atoms with Crippen LogP contribution < -0.4 is 0 Å². The summed E-state index contributed by atoms with van der Waals surface area (Å²) in [7, 11) is 0. The standard InChI is InChI=1S/C14H29O2/c1-4-6-8-10-12-15-14(3)16-13-11-9-7-5-2/h4-13H2,1-3H3. The maximum atomic E-state index is 5.49. The lowest BCUT2D eigenvalue weighted by atomic mass is 10.2. The van der Waals surface area contributed by atoms with Crippen LogP contribution in [0.5, 0.6) is 0 Å². The molecule has 2 heteroatoms. The van der Waals surface area contributed by atoms with Crippen LogP contribution in [-0.2, 0) is 9.47 Å². The van der Waals surface area contributed by atoms with Gasteiger partial charge in [0.2, 0.25) is 6.29 Å². The molecule has 0 aromatic rings. The van der Waals surface area contributed by atoms with E-state index >= 15 is 0 Å². The summed E-state index contributed by atoms with van der Waals surface area (Å²) < 4.78 is 11.0. The van der Waals surface area contributed by atoms with Gasteiger partial charge in [0.1, 0.15) is 0 Å². The molecule has 2 nitrogen and oxygen atoms in total. The van der Waals surface area contributed by atoms with Crippen molar-refractivity contribution in [3.63, 3.8) is 0 Å². The Hall–Kier alpha value is -0.0800. The SMILES string of the molecule is CCCCCCO[C](C)OCCCCCC. The Labute approximate surface area is 102 Å².